The third kappa shape index (κ3) is 10.2. The molecule has 0 aromatic carbocycles. The summed E-state index contributed by atoms with van der Waals surface area (Å²) >= 11 is 0. The van der Waals surface area contributed by atoms with Crippen LogP contribution >= 0.6 is 0 Å². The van der Waals surface area contributed by atoms with Crippen LogP contribution in [0.3, 0.4) is 0 Å². The second kappa shape index (κ2) is 13.4. The van der Waals surface area contributed by atoms with Gasteiger partial charge in [-0.15, -0.1) is 11.8 Å². The molecule has 0 spiro atoms. The predicted octanol–water partition coefficient (Wildman–Crippen LogP) is 2.49. The topological polar surface area (TPSA) is 47.9 Å². The quantitative estimate of drug-likeness (QED) is 0.494. The maximum atomic E-state index is 8.56. The number of unbranched alkanes of at least 4 members (excludes halogenated alkanes) is 3. The molecule has 1 unspecified atom stereocenters. The van der Waals surface area contributed by atoms with E-state index in [-0.39, 0.29) is 12.9 Å². The second-order valence-electron chi connectivity index (χ2n) is 4.92. The first-order valence-corrected chi connectivity index (χ1v) is 7.81. The lowest BCUT2D eigenvalue weighted by Crippen LogP contribution is -2.24. The average Bonchev–Trinajstić information content (AvgIpc) is 2.49. The van der Waals surface area contributed by atoms with Crippen molar-refractivity contribution in [1.82, 2.24) is 0 Å². The summed E-state index contributed by atoms with van der Waals surface area (Å²) in [5.41, 5.74) is 0. The van der Waals surface area contributed by atoms with E-state index in [9.17, 15) is 0 Å². The Balaban J connectivity index is 1.75. The summed E-state index contributed by atoms with van der Waals surface area (Å²) in [4.78, 5) is 0. The molecule has 1 fully saturated rings. The molecule has 0 saturated carbocycles. The largest absolute Gasteiger partial charge is 0.395 e. The van der Waals surface area contributed by atoms with Crippen LogP contribution in [-0.2, 0) is 14.2 Å². The summed E-state index contributed by atoms with van der Waals surface area (Å²) in [7, 11) is 0. The molecule has 0 amide bonds. The first kappa shape index (κ1) is 17.5. The number of aliphatic hydroxyl groups excluding tert-OH is 1. The summed E-state index contributed by atoms with van der Waals surface area (Å²) in [5.74, 6) is 5.97. The third-order valence-electron chi connectivity index (χ3n) is 3.12. The monoisotopic (exact) mass is 284 g/mol. The Bertz CT molecular complexity index is 263. The minimum atomic E-state index is -0.00940. The van der Waals surface area contributed by atoms with Crippen molar-refractivity contribution in [3.63, 3.8) is 0 Å². The van der Waals surface area contributed by atoms with E-state index in [1.165, 1.54) is 6.42 Å². The highest BCUT2D eigenvalue weighted by Crippen LogP contribution is 2.13. The molecule has 1 N–H and O–H groups in total. The second-order valence-corrected chi connectivity index (χ2v) is 4.92. The van der Waals surface area contributed by atoms with Gasteiger partial charge in [-0.3, -0.25) is 0 Å². The third-order valence-corrected chi connectivity index (χ3v) is 3.12. The number of hydrogen-bond donors (Lipinski definition) is 1. The predicted molar refractivity (Wildman–Crippen MR) is 78.3 cm³/mol. The van der Waals surface area contributed by atoms with Crippen LogP contribution in [0.15, 0.2) is 0 Å². The van der Waals surface area contributed by atoms with Gasteiger partial charge < -0.3 is 19.3 Å². The van der Waals surface area contributed by atoms with Crippen molar-refractivity contribution in [3.8, 4) is 11.8 Å². The molecule has 1 aliphatic rings. The van der Waals surface area contributed by atoms with Gasteiger partial charge in [-0.05, 0) is 32.1 Å². The maximum Gasteiger partial charge on any atom is 0.157 e. The van der Waals surface area contributed by atoms with Gasteiger partial charge in [0, 0.05) is 26.1 Å². The van der Waals surface area contributed by atoms with Crippen LogP contribution in [0, 0.1) is 11.8 Å². The van der Waals surface area contributed by atoms with Crippen molar-refractivity contribution in [2.75, 3.05) is 33.0 Å². The first-order valence-electron chi connectivity index (χ1n) is 7.81. The molecular weight excluding hydrogens is 256 g/mol. The van der Waals surface area contributed by atoms with Crippen LogP contribution in [0.2, 0.25) is 0 Å². The van der Waals surface area contributed by atoms with Gasteiger partial charge in [0.2, 0.25) is 0 Å². The number of aliphatic hydroxyl groups is 1. The van der Waals surface area contributed by atoms with Crippen LogP contribution in [0.1, 0.15) is 51.4 Å². The van der Waals surface area contributed by atoms with E-state index in [0.717, 1.165) is 51.7 Å². The number of hydrogen-bond acceptors (Lipinski definition) is 4. The van der Waals surface area contributed by atoms with Gasteiger partial charge in [0.05, 0.1) is 19.8 Å². The molecule has 0 radical (unpaired) electrons. The lowest BCUT2D eigenvalue weighted by atomic mass is 10.2. The maximum absolute atomic E-state index is 8.56. The molecule has 0 aromatic rings. The van der Waals surface area contributed by atoms with E-state index in [0.29, 0.717) is 19.6 Å². The van der Waals surface area contributed by atoms with Crippen LogP contribution in [-0.4, -0.2) is 44.4 Å². The highest BCUT2D eigenvalue weighted by molar-refractivity contribution is 4.98. The highest BCUT2D eigenvalue weighted by Gasteiger charge is 2.13. The van der Waals surface area contributed by atoms with E-state index < -0.39 is 0 Å². The molecule has 0 aliphatic carbocycles. The zero-order valence-corrected chi connectivity index (χ0v) is 12.4. The van der Waals surface area contributed by atoms with Gasteiger partial charge in [-0.1, -0.05) is 6.42 Å². The summed E-state index contributed by atoms with van der Waals surface area (Å²) < 4.78 is 16.6. The van der Waals surface area contributed by atoms with Crippen molar-refractivity contribution in [1.29, 1.82) is 0 Å². The molecular formula is C16H28O4. The van der Waals surface area contributed by atoms with Crippen molar-refractivity contribution < 1.29 is 19.3 Å². The summed E-state index contributed by atoms with van der Waals surface area (Å²) in [6.45, 7) is 3.05. The van der Waals surface area contributed by atoms with E-state index in [1.807, 2.05) is 0 Å². The fraction of sp³-hybridized carbons (Fsp3) is 0.875. The Morgan fingerprint density at radius 3 is 2.70 bits per heavy atom. The van der Waals surface area contributed by atoms with Crippen molar-refractivity contribution >= 4 is 0 Å². The Morgan fingerprint density at radius 2 is 1.90 bits per heavy atom. The zero-order chi connectivity index (χ0) is 14.3. The SMILES string of the molecule is OCCC#CCCCCCOCCOC1CCCCO1. The van der Waals surface area contributed by atoms with Gasteiger partial charge in [-0.25, -0.2) is 0 Å². The van der Waals surface area contributed by atoms with Gasteiger partial charge in [0.1, 0.15) is 0 Å². The Kier molecular flexibility index (Phi) is 11.7. The Labute approximate surface area is 122 Å². The molecule has 116 valence electrons. The molecule has 1 saturated heterocycles. The van der Waals surface area contributed by atoms with Crippen LogP contribution in [0.25, 0.3) is 0 Å². The normalized spacial score (nSPS) is 18.6. The van der Waals surface area contributed by atoms with Crippen molar-refractivity contribution in [2.24, 2.45) is 0 Å². The molecule has 1 heterocycles. The fourth-order valence-electron chi connectivity index (χ4n) is 2.01. The van der Waals surface area contributed by atoms with Gasteiger partial charge >= 0.3 is 0 Å². The lowest BCUT2D eigenvalue weighted by Gasteiger charge is -2.22. The lowest BCUT2D eigenvalue weighted by molar-refractivity contribution is -0.169. The zero-order valence-electron chi connectivity index (χ0n) is 12.4. The molecule has 0 aromatic heterocycles. The molecule has 1 aliphatic heterocycles. The van der Waals surface area contributed by atoms with Gasteiger partial charge in [0.25, 0.3) is 0 Å². The van der Waals surface area contributed by atoms with Crippen LogP contribution in [0.5, 0.6) is 0 Å². The standard InChI is InChI=1S/C16H28O4/c17-11-7-4-2-1-3-5-8-12-18-14-15-20-16-10-6-9-13-19-16/h16-17H,1,3,5-15H2. The minimum absolute atomic E-state index is 0.00940. The summed E-state index contributed by atoms with van der Waals surface area (Å²) in [5, 5.41) is 8.56. The van der Waals surface area contributed by atoms with Crippen molar-refractivity contribution in [2.45, 2.75) is 57.7 Å². The number of ether oxygens (including phenoxy) is 3. The highest BCUT2D eigenvalue weighted by atomic mass is 16.7. The van der Waals surface area contributed by atoms with E-state index in [1.54, 1.807) is 0 Å². The van der Waals surface area contributed by atoms with Crippen LogP contribution < -0.4 is 0 Å². The molecule has 20 heavy (non-hydrogen) atoms. The Morgan fingerprint density at radius 1 is 1.00 bits per heavy atom. The van der Waals surface area contributed by atoms with E-state index in [4.69, 9.17) is 19.3 Å². The molecule has 4 nitrogen and oxygen atoms in total. The summed E-state index contributed by atoms with van der Waals surface area (Å²) in [6.07, 6.45) is 8.18. The summed E-state index contributed by atoms with van der Waals surface area (Å²) in [6, 6.07) is 0. The van der Waals surface area contributed by atoms with E-state index in [2.05, 4.69) is 11.8 Å². The van der Waals surface area contributed by atoms with E-state index >= 15 is 0 Å². The smallest absolute Gasteiger partial charge is 0.157 e. The Hall–Kier alpha value is -0.600. The minimum Gasteiger partial charge on any atom is -0.395 e. The fourth-order valence-corrected chi connectivity index (χ4v) is 2.01. The number of rotatable bonds is 10. The van der Waals surface area contributed by atoms with Crippen molar-refractivity contribution in [3.05, 3.63) is 0 Å². The first-order chi connectivity index (χ1) is 9.93. The van der Waals surface area contributed by atoms with Gasteiger partial charge in [0.15, 0.2) is 6.29 Å². The average molecular weight is 284 g/mol. The van der Waals surface area contributed by atoms with Crippen LogP contribution in [0.4, 0.5) is 0 Å². The molecule has 1 rings (SSSR count). The van der Waals surface area contributed by atoms with Gasteiger partial charge in [-0.2, -0.15) is 0 Å². The molecule has 4 heteroatoms. The molecule has 1 atom stereocenters. The molecule has 0 bridgehead atoms.